The lowest BCUT2D eigenvalue weighted by atomic mass is 10.2. The van der Waals surface area contributed by atoms with Gasteiger partial charge in [0, 0.05) is 28.7 Å². The summed E-state index contributed by atoms with van der Waals surface area (Å²) in [5.41, 5.74) is 2.12. The molecule has 3 N–H and O–H groups in total. The van der Waals surface area contributed by atoms with Gasteiger partial charge in [0.05, 0.1) is 6.61 Å². The van der Waals surface area contributed by atoms with Crippen LogP contribution in [0.15, 0.2) is 42.5 Å². The predicted octanol–water partition coefficient (Wildman–Crippen LogP) is 3.63. The standard InChI is InChI=1S/C19H24Cl2N2O2/c20-17-5-4-16(19(21)12-17)14-25-18-6-2-15(3-7-18)13-23-9-1-8-22-10-11-24/h2-7,12,22-24H,1,8-11,13-14H2. The number of aliphatic hydroxyl groups excluding tert-OH is 1. The van der Waals surface area contributed by atoms with Crippen LogP contribution in [0.4, 0.5) is 0 Å². The average molecular weight is 383 g/mol. The van der Waals surface area contributed by atoms with E-state index in [4.69, 9.17) is 33.0 Å². The van der Waals surface area contributed by atoms with Crippen LogP contribution in [0, 0.1) is 0 Å². The van der Waals surface area contributed by atoms with Gasteiger partial charge in [-0.25, -0.2) is 0 Å². The number of benzene rings is 2. The van der Waals surface area contributed by atoms with Crippen molar-refractivity contribution in [1.82, 2.24) is 10.6 Å². The Hall–Kier alpha value is -1.30. The lowest BCUT2D eigenvalue weighted by Gasteiger charge is -2.09. The highest BCUT2D eigenvalue weighted by atomic mass is 35.5. The molecule has 0 radical (unpaired) electrons. The number of nitrogens with one attached hydrogen (secondary N) is 2. The van der Waals surface area contributed by atoms with Gasteiger partial charge in [0.25, 0.3) is 0 Å². The molecule has 136 valence electrons. The maximum atomic E-state index is 8.67. The molecule has 0 unspecified atom stereocenters. The molecule has 0 aliphatic rings. The third-order valence-electron chi connectivity index (χ3n) is 3.66. The Morgan fingerprint density at radius 1 is 0.920 bits per heavy atom. The highest BCUT2D eigenvalue weighted by molar-refractivity contribution is 6.35. The van der Waals surface area contributed by atoms with Gasteiger partial charge in [-0.05, 0) is 49.3 Å². The maximum absolute atomic E-state index is 8.67. The van der Waals surface area contributed by atoms with E-state index < -0.39 is 0 Å². The molecule has 0 spiro atoms. The Bertz CT molecular complexity index is 636. The summed E-state index contributed by atoms with van der Waals surface area (Å²) in [7, 11) is 0. The summed E-state index contributed by atoms with van der Waals surface area (Å²) in [4.78, 5) is 0. The van der Waals surface area contributed by atoms with E-state index in [9.17, 15) is 0 Å². The van der Waals surface area contributed by atoms with Crippen molar-refractivity contribution in [2.75, 3.05) is 26.2 Å². The third-order valence-corrected chi connectivity index (χ3v) is 4.24. The van der Waals surface area contributed by atoms with E-state index >= 15 is 0 Å². The maximum Gasteiger partial charge on any atom is 0.119 e. The SMILES string of the molecule is OCCNCCCNCc1ccc(OCc2ccc(Cl)cc2Cl)cc1. The van der Waals surface area contributed by atoms with Crippen LogP contribution >= 0.6 is 23.2 Å². The molecule has 0 aromatic heterocycles. The molecule has 0 saturated heterocycles. The first kappa shape index (κ1) is 20.0. The van der Waals surface area contributed by atoms with Crippen LogP contribution < -0.4 is 15.4 Å². The fourth-order valence-electron chi connectivity index (χ4n) is 2.28. The molecular formula is C19H24Cl2N2O2. The van der Waals surface area contributed by atoms with Gasteiger partial charge >= 0.3 is 0 Å². The van der Waals surface area contributed by atoms with Crippen molar-refractivity contribution in [2.45, 2.75) is 19.6 Å². The number of halogens is 2. The molecule has 0 atom stereocenters. The number of hydrogen-bond donors (Lipinski definition) is 3. The van der Waals surface area contributed by atoms with Crippen LogP contribution in [0.3, 0.4) is 0 Å². The van der Waals surface area contributed by atoms with E-state index in [2.05, 4.69) is 22.8 Å². The van der Waals surface area contributed by atoms with E-state index in [1.165, 1.54) is 5.56 Å². The second-order valence-corrected chi connectivity index (χ2v) is 6.52. The Morgan fingerprint density at radius 2 is 1.68 bits per heavy atom. The van der Waals surface area contributed by atoms with Gasteiger partial charge in [-0.2, -0.15) is 0 Å². The molecule has 0 saturated carbocycles. The molecule has 2 rings (SSSR count). The van der Waals surface area contributed by atoms with Crippen LogP contribution in [0.2, 0.25) is 10.0 Å². The van der Waals surface area contributed by atoms with Crippen molar-refractivity contribution in [3.8, 4) is 5.75 Å². The van der Waals surface area contributed by atoms with Crippen molar-refractivity contribution in [2.24, 2.45) is 0 Å². The van der Waals surface area contributed by atoms with Crippen LogP contribution in [0.1, 0.15) is 17.5 Å². The van der Waals surface area contributed by atoms with E-state index in [-0.39, 0.29) is 6.61 Å². The van der Waals surface area contributed by atoms with E-state index in [1.54, 1.807) is 12.1 Å². The number of aliphatic hydroxyl groups is 1. The summed E-state index contributed by atoms with van der Waals surface area (Å²) in [5.74, 6) is 0.808. The fourth-order valence-corrected chi connectivity index (χ4v) is 2.74. The minimum Gasteiger partial charge on any atom is -0.489 e. The minimum absolute atomic E-state index is 0.187. The van der Waals surface area contributed by atoms with Gasteiger partial charge in [-0.15, -0.1) is 0 Å². The van der Waals surface area contributed by atoms with Crippen LogP contribution in [0.5, 0.6) is 5.75 Å². The third kappa shape index (κ3) is 7.63. The molecule has 0 amide bonds. The molecular weight excluding hydrogens is 359 g/mol. The second-order valence-electron chi connectivity index (χ2n) is 5.67. The van der Waals surface area contributed by atoms with Crippen molar-refractivity contribution >= 4 is 23.2 Å². The van der Waals surface area contributed by atoms with Crippen molar-refractivity contribution in [3.63, 3.8) is 0 Å². The van der Waals surface area contributed by atoms with Crippen LogP contribution in [0.25, 0.3) is 0 Å². The summed E-state index contributed by atoms with van der Waals surface area (Å²) in [6.07, 6.45) is 1.03. The second kappa shape index (κ2) is 11.3. The van der Waals surface area contributed by atoms with Gasteiger partial charge < -0.3 is 20.5 Å². The zero-order chi connectivity index (χ0) is 17.9. The molecule has 6 heteroatoms. The lowest BCUT2D eigenvalue weighted by Crippen LogP contribution is -2.23. The Labute approximate surface area is 159 Å². The van der Waals surface area contributed by atoms with Gasteiger partial charge in [0.15, 0.2) is 0 Å². The number of rotatable bonds is 11. The highest BCUT2D eigenvalue weighted by Crippen LogP contribution is 2.22. The fraction of sp³-hybridized carbons (Fsp3) is 0.368. The first-order chi connectivity index (χ1) is 12.2. The topological polar surface area (TPSA) is 53.5 Å². The molecule has 0 heterocycles. The van der Waals surface area contributed by atoms with Crippen molar-refractivity contribution in [1.29, 1.82) is 0 Å². The largest absolute Gasteiger partial charge is 0.489 e. The van der Waals surface area contributed by atoms with Crippen LogP contribution in [-0.2, 0) is 13.2 Å². The van der Waals surface area contributed by atoms with Gasteiger partial charge in [-0.3, -0.25) is 0 Å². The van der Waals surface area contributed by atoms with Gasteiger partial charge in [0.2, 0.25) is 0 Å². The first-order valence-electron chi connectivity index (χ1n) is 8.37. The van der Waals surface area contributed by atoms with Crippen LogP contribution in [-0.4, -0.2) is 31.3 Å². The molecule has 4 nitrogen and oxygen atoms in total. The molecule has 2 aromatic rings. The summed E-state index contributed by atoms with van der Waals surface area (Å²) >= 11 is 12.0. The average Bonchev–Trinajstić information content (AvgIpc) is 2.61. The Morgan fingerprint density at radius 3 is 2.40 bits per heavy atom. The van der Waals surface area contributed by atoms with Gasteiger partial charge in [-0.1, -0.05) is 41.4 Å². The first-order valence-corrected chi connectivity index (χ1v) is 9.12. The van der Waals surface area contributed by atoms with E-state index in [0.29, 0.717) is 23.2 Å². The molecule has 25 heavy (non-hydrogen) atoms. The van der Waals surface area contributed by atoms with E-state index in [1.807, 2.05) is 18.2 Å². The predicted molar refractivity (Wildman–Crippen MR) is 104 cm³/mol. The quantitative estimate of drug-likeness (QED) is 0.519. The van der Waals surface area contributed by atoms with Gasteiger partial charge in [0.1, 0.15) is 12.4 Å². The molecule has 0 bridgehead atoms. The summed E-state index contributed by atoms with van der Waals surface area (Å²) < 4.78 is 5.77. The number of hydrogen-bond acceptors (Lipinski definition) is 4. The monoisotopic (exact) mass is 382 g/mol. The smallest absolute Gasteiger partial charge is 0.119 e. The number of ether oxygens (including phenoxy) is 1. The molecule has 2 aromatic carbocycles. The zero-order valence-corrected chi connectivity index (χ0v) is 15.6. The highest BCUT2D eigenvalue weighted by Gasteiger charge is 2.03. The van der Waals surface area contributed by atoms with E-state index in [0.717, 1.165) is 37.4 Å². The summed E-state index contributed by atoms with van der Waals surface area (Å²) in [6.45, 7) is 3.92. The zero-order valence-electron chi connectivity index (χ0n) is 14.1. The minimum atomic E-state index is 0.187. The summed E-state index contributed by atoms with van der Waals surface area (Å²) in [5, 5.41) is 16.4. The molecule has 0 fully saturated rings. The lowest BCUT2D eigenvalue weighted by molar-refractivity contribution is 0.292. The normalized spacial score (nSPS) is 10.8. The Kier molecular flexibility index (Phi) is 9.08. The van der Waals surface area contributed by atoms with Crippen molar-refractivity contribution < 1.29 is 9.84 Å². The summed E-state index contributed by atoms with van der Waals surface area (Å²) in [6, 6.07) is 13.4. The van der Waals surface area contributed by atoms with Crippen molar-refractivity contribution in [3.05, 3.63) is 63.6 Å². The molecule has 0 aliphatic heterocycles. The molecule has 0 aliphatic carbocycles. The Balaban J connectivity index is 1.69.